The summed E-state index contributed by atoms with van der Waals surface area (Å²) in [6, 6.07) is 92.8. The monoisotopic (exact) mass is 814 g/mol. The quantitative estimate of drug-likeness (QED) is 0.148. The van der Waals surface area contributed by atoms with Crippen molar-refractivity contribution < 1.29 is 0 Å². The van der Waals surface area contributed by atoms with Crippen molar-refractivity contribution in [2.24, 2.45) is 0 Å². The van der Waals surface area contributed by atoms with Crippen LogP contribution in [0.4, 0.5) is 17.1 Å². The van der Waals surface area contributed by atoms with Crippen LogP contribution in [0.25, 0.3) is 93.5 Å². The Morgan fingerprint density at radius 1 is 0.250 bits per heavy atom. The fourth-order valence-electron chi connectivity index (χ4n) is 9.61. The van der Waals surface area contributed by atoms with Crippen molar-refractivity contribution in [1.29, 1.82) is 0 Å². The van der Waals surface area contributed by atoms with Gasteiger partial charge in [0.2, 0.25) is 0 Å². The molecule has 64 heavy (non-hydrogen) atoms. The number of hydrogen-bond donors (Lipinski definition) is 0. The summed E-state index contributed by atoms with van der Waals surface area (Å²) in [5.41, 5.74) is 16.4. The van der Waals surface area contributed by atoms with Gasteiger partial charge in [0.1, 0.15) is 0 Å². The molecule has 0 spiro atoms. The lowest BCUT2D eigenvalue weighted by molar-refractivity contribution is 1.18. The van der Waals surface area contributed by atoms with Crippen molar-refractivity contribution in [3.63, 3.8) is 0 Å². The Bertz CT molecular complexity index is 3610. The summed E-state index contributed by atoms with van der Waals surface area (Å²) >= 11 is 0. The molecule has 0 radical (unpaired) electrons. The molecule has 0 aliphatic carbocycles. The fraction of sp³-hybridized carbons (Fsp3) is 0. The Morgan fingerprint density at radius 3 is 1.52 bits per heavy atom. The Morgan fingerprint density at radius 2 is 0.766 bits per heavy atom. The fourth-order valence-corrected chi connectivity index (χ4v) is 9.61. The van der Waals surface area contributed by atoms with Crippen molar-refractivity contribution in [2.75, 3.05) is 4.90 Å². The van der Waals surface area contributed by atoms with Gasteiger partial charge in [0.15, 0.2) is 0 Å². The van der Waals surface area contributed by atoms with Gasteiger partial charge in [-0.3, -0.25) is 0 Å². The summed E-state index contributed by atoms with van der Waals surface area (Å²) in [6.45, 7) is 0. The molecule has 0 saturated heterocycles. The van der Waals surface area contributed by atoms with Gasteiger partial charge in [-0.2, -0.15) is 0 Å². The van der Waals surface area contributed by atoms with Crippen LogP contribution in [0.2, 0.25) is 0 Å². The first-order chi connectivity index (χ1) is 31.7. The second-order valence-corrected chi connectivity index (χ2v) is 16.6. The molecule has 0 amide bonds. The third-order valence-corrected chi connectivity index (χ3v) is 12.7. The highest BCUT2D eigenvalue weighted by Crippen LogP contribution is 2.42. The second-order valence-electron chi connectivity index (χ2n) is 16.6. The van der Waals surface area contributed by atoms with Crippen LogP contribution in [-0.4, -0.2) is 4.57 Å². The SMILES string of the molecule is c1ccc(-c2cc(-c3ccccc3)cc(-n3c4ccccc4c4cc(-c5cccc(-c6cccc(N(c7ccc8ccccc8c7)c7cccc8ccccc78)c6)c5)ccc43)c2)cc1. The first-order valence-corrected chi connectivity index (χ1v) is 22.0. The molecule has 0 aliphatic heterocycles. The minimum Gasteiger partial charge on any atom is -0.310 e. The number of aromatic nitrogens is 1. The third-order valence-electron chi connectivity index (χ3n) is 12.7. The molecule has 1 aromatic heterocycles. The highest BCUT2D eigenvalue weighted by molar-refractivity contribution is 6.11. The van der Waals surface area contributed by atoms with E-state index in [4.69, 9.17) is 0 Å². The topological polar surface area (TPSA) is 8.17 Å². The lowest BCUT2D eigenvalue weighted by atomic mass is 9.97. The molecular formula is C62H42N2. The van der Waals surface area contributed by atoms with E-state index < -0.39 is 0 Å². The number of benzene rings is 11. The Hall–Kier alpha value is -8.46. The molecule has 12 rings (SSSR count). The largest absolute Gasteiger partial charge is 0.310 e. The van der Waals surface area contributed by atoms with Crippen LogP contribution >= 0.6 is 0 Å². The molecule has 2 heteroatoms. The molecule has 12 aromatic rings. The van der Waals surface area contributed by atoms with Gasteiger partial charge in [-0.1, -0.05) is 182 Å². The number of rotatable bonds is 8. The van der Waals surface area contributed by atoms with Crippen molar-refractivity contribution in [1.82, 2.24) is 4.57 Å². The zero-order chi connectivity index (χ0) is 42.4. The van der Waals surface area contributed by atoms with Crippen molar-refractivity contribution in [2.45, 2.75) is 0 Å². The Kier molecular flexibility index (Phi) is 9.20. The van der Waals surface area contributed by atoms with Gasteiger partial charge in [-0.05, 0) is 133 Å². The average molecular weight is 815 g/mol. The second kappa shape index (κ2) is 15.8. The lowest BCUT2D eigenvalue weighted by Crippen LogP contribution is -2.10. The lowest BCUT2D eigenvalue weighted by Gasteiger charge is -2.27. The molecule has 0 bridgehead atoms. The van der Waals surface area contributed by atoms with Gasteiger partial charge < -0.3 is 9.47 Å². The van der Waals surface area contributed by atoms with Crippen molar-refractivity contribution in [3.05, 3.63) is 255 Å². The summed E-state index contributed by atoms with van der Waals surface area (Å²) in [6.07, 6.45) is 0. The Labute approximate surface area is 373 Å². The molecule has 0 fully saturated rings. The summed E-state index contributed by atoms with van der Waals surface area (Å²) < 4.78 is 2.44. The minimum absolute atomic E-state index is 1.11. The van der Waals surface area contributed by atoms with E-state index in [1.165, 1.54) is 82.3 Å². The minimum atomic E-state index is 1.11. The van der Waals surface area contributed by atoms with E-state index in [0.29, 0.717) is 0 Å². The first kappa shape index (κ1) is 37.3. The highest BCUT2D eigenvalue weighted by Gasteiger charge is 2.18. The number of anilines is 3. The van der Waals surface area contributed by atoms with E-state index in [1.54, 1.807) is 0 Å². The van der Waals surface area contributed by atoms with Gasteiger partial charge >= 0.3 is 0 Å². The molecule has 1 heterocycles. The summed E-state index contributed by atoms with van der Waals surface area (Å²) in [7, 11) is 0. The van der Waals surface area contributed by atoms with Crippen LogP contribution in [0.3, 0.4) is 0 Å². The predicted molar refractivity (Wildman–Crippen MR) is 272 cm³/mol. The van der Waals surface area contributed by atoms with Gasteiger partial charge in [0.25, 0.3) is 0 Å². The maximum absolute atomic E-state index is 2.44. The first-order valence-electron chi connectivity index (χ1n) is 22.0. The van der Waals surface area contributed by atoms with Gasteiger partial charge in [0, 0.05) is 33.2 Å². The molecule has 0 aliphatic rings. The Balaban J connectivity index is 0.963. The zero-order valence-corrected chi connectivity index (χ0v) is 35.1. The van der Waals surface area contributed by atoms with Crippen molar-refractivity contribution >= 4 is 60.4 Å². The van der Waals surface area contributed by atoms with E-state index in [2.05, 4.69) is 264 Å². The van der Waals surface area contributed by atoms with Crippen LogP contribution in [0.1, 0.15) is 0 Å². The number of para-hydroxylation sites is 1. The molecule has 300 valence electrons. The van der Waals surface area contributed by atoms with E-state index in [-0.39, 0.29) is 0 Å². The molecule has 0 N–H and O–H groups in total. The molecule has 2 nitrogen and oxygen atoms in total. The van der Waals surface area contributed by atoms with Crippen LogP contribution < -0.4 is 4.90 Å². The van der Waals surface area contributed by atoms with Gasteiger partial charge in [0.05, 0.1) is 16.7 Å². The summed E-state index contributed by atoms with van der Waals surface area (Å²) in [5.74, 6) is 0. The number of fused-ring (bicyclic) bond motifs is 5. The molecule has 0 atom stereocenters. The van der Waals surface area contributed by atoms with Gasteiger partial charge in [-0.25, -0.2) is 0 Å². The molecule has 0 saturated carbocycles. The van der Waals surface area contributed by atoms with E-state index in [0.717, 1.165) is 28.3 Å². The third kappa shape index (κ3) is 6.70. The summed E-state index contributed by atoms with van der Waals surface area (Å²) in [5, 5.41) is 7.33. The molecule has 0 unspecified atom stereocenters. The van der Waals surface area contributed by atoms with Crippen LogP contribution in [0.5, 0.6) is 0 Å². The summed E-state index contributed by atoms with van der Waals surface area (Å²) in [4.78, 5) is 2.41. The predicted octanol–water partition coefficient (Wildman–Crippen LogP) is 17.2. The van der Waals surface area contributed by atoms with E-state index in [1.807, 2.05) is 0 Å². The van der Waals surface area contributed by atoms with Crippen molar-refractivity contribution in [3.8, 4) is 50.2 Å². The maximum atomic E-state index is 2.44. The molecule has 11 aromatic carbocycles. The average Bonchev–Trinajstić information content (AvgIpc) is 3.71. The van der Waals surface area contributed by atoms with Gasteiger partial charge in [-0.15, -0.1) is 0 Å². The number of hydrogen-bond acceptors (Lipinski definition) is 1. The zero-order valence-electron chi connectivity index (χ0n) is 35.1. The smallest absolute Gasteiger partial charge is 0.0541 e. The number of nitrogens with zero attached hydrogens (tertiary/aromatic N) is 2. The van der Waals surface area contributed by atoms with Crippen LogP contribution in [0, 0.1) is 0 Å². The van der Waals surface area contributed by atoms with E-state index in [9.17, 15) is 0 Å². The van der Waals surface area contributed by atoms with Crippen LogP contribution in [-0.2, 0) is 0 Å². The normalized spacial score (nSPS) is 11.4. The standard InChI is InChI=1S/C62H42N2/c1-3-16-43(17-4-1)52-37-53(44-18-5-2-6-19-44)41-56(40-52)64-61-30-12-11-29-58(61)59-42-51(33-35-62(59)64)48-25-13-24-47(36-48)50-26-14-27-54(39-50)63(55-34-32-45-20-7-8-22-49(45)38-55)60-31-15-23-46-21-9-10-28-57(46)60/h1-42H. The highest BCUT2D eigenvalue weighted by atomic mass is 15.1. The van der Waals surface area contributed by atoms with E-state index >= 15 is 0 Å². The van der Waals surface area contributed by atoms with Crippen LogP contribution in [0.15, 0.2) is 255 Å². The maximum Gasteiger partial charge on any atom is 0.0541 e. The molecular weight excluding hydrogens is 773 g/mol.